The van der Waals surface area contributed by atoms with E-state index in [4.69, 9.17) is 9.47 Å². The van der Waals surface area contributed by atoms with E-state index in [0.717, 1.165) is 13.0 Å². The van der Waals surface area contributed by atoms with Crippen molar-refractivity contribution in [3.8, 4) is 0 Å². The van der Waals surface area contributed by atoms with Crippen LogP contribution in [0.4, 0.5) is 4.79 Å². The predicted octanol–water partition coefficient (Wildman–Crippen LogP) is 1.28. The second-order valence-corrected chi connectivity index (χ2v) is 5.86. The molecule has 1 heterocycles. The molecule has 0 aromatic carbocycles. The Labute approximate surface area is 103 Å². The van der Waals surface area contributed by atoms with E-state index in [1.165, 1.54) is 0 Å². The molecule has 0 spiro atoms. The van der Waals surface area contributed by atoms with Crippen molar-refractivity contribution >= 4 is 6.09 Å². The van der Waals surface area contributed by atoms with Crippen molar-refractivity contribution < 1.29 is 14.3 Å². The lowest BCUT2D eigenvalue weighted by Crippen LogP contribution is -2.48. The van der Waals surface area contributed by atoms with Crippen LogP contribution in [0.15, 0.2) is 0 Å². The fourth-order valence-corrected chi connectivity index (χ4v) is 1.89. The van der Waals surface area contributed by atoms with Crippen LogP contribution in [0.25, 0.3) is 0 Å². The molecule has 2 atom stereocenters. The summed E-state index contributed by atoms with van der Waals surface area (Å²) >= 11 is 0. The van der Waals surface area contributed by atoms with E-state index in [1.54, 1.807) is 7.11 Å². The Bertz CT molecular complexity index is 275. The van der Waals surface area contributed by atoms with E-state index in [2.05, 4.69) is 17.6 Å². The summed E-state index contributed by atoms with van der Waals surface area (Å²) in [5, 5.41) is 6.14. The summed E-state index contributed by atoms with van der Waals surface area (Å²) in [7, 11) is 1.71. The standard InChI is InChI=1S/C12H24N2O3/c1-11(2,3)17-10(15)13-8-12(4)6-9(16-5)7-14-12/h9,14H,6-8H2,1-5H3,(H,13,15)/t9-,12+/m0/s1. The molecule has 1 amide bonds. The highest BCUT2D eigenvalue weighted by Crippen LogP contribution is 2.20. The minimum absolute atomic E-state index is 0.114. The van der Waals surface area contributed by atoms with Gasteiger partial charge in [-0.15, -0.1) is 0 Å². The van der Waals surface area contributed by atoms with Crippen molar-refractivity contribution in [3.05, 3.63) is 0 Å². The lowest BCUT2D eigenvalue weighted by Gasteiger charge is -2.26. The van der Waals surface area contributed by atoms with Gasteiger partial charge in [0.1, 0.15) is 5.60 Å². The molecule has 0 unspecified atom stereocenters. The number of rotatable bonds is 3. The third kappa shape index (κ3) is 4.91. The average Bonchev–Trinajstić information content (AvgIpc) is 2.56. The third-order valence-electron chi connectivity index (χ3n) is 2.79. The lowest BCUT2D eigenvalue weighted by molar-refractivity contribution is 0.0510. The number of nitrogens with one attached hydrogen (secondary N) is 2. The molecular formula is C12H24N2O3. The summed E-state index contributed by atoms with van der Waals surface area (Å²) in [5.74, 6) is 0. The van der Waals surface area contributed by atoms with E-state index < -0.39 is 5.60 Å². The Hall–Kier alpha value is -0.810. The smallest absolute Gasteiger partial charge is 0.407 e. The fourth-order valence-electron chi connectivity index (χ4n) is 1.89. The lowest BCUT2D eigenvalue weighted by atomic mass is 9.99. The van der Waals surface area contributed by atoms with Crippen LogP contribution in [0, 0.1) is 0 Å². The molecule has 1 aliphatic heterocycles. The summed E-state index contributed by atoms with van der Waals surface area (Å²) in [5.41, 5.74) is -0.569. The molecule has 1 fully saturated rings. The van der Waals surface area contributed by atoms with E-state index in [9.17, 15) is 4.79 Å². The first-order valence-electron chi connectivity index (χ1n) is 5.99. The van der Waals surface area contributed by atoms with Crippen molar-refractivity contribution in [2.75, 3.05) is 20.2 Å². The highest BCUT2D eigenvalue weighted by molar-refractivity contribution is 5.67. The molecule has 2 N–H and O–H groups in total. The number of methoxy groups -OCH3 is 1. The van der Waals surface area contributed by atoms with Crippen LogP contribution in [0.5, 0.6) is 0 Å². The van der Waals surface area contributed by atoms with Crippen molar-refractivity contribution in [2.24, 2.45) is 0 Å². The molecule has 0 saturated carbocycles. The van der Waals surface area contributed by atoms with Crippen LogP contribution >= 0.6 is 0 Å². The van der Waals surface area contributed by atoms with Crippen LogP contribution < -0.4 is 10.6 Å². The molecule has 0 bridgehead atoms. The first-order chi connectivity index (χ1) is 7.74. The fraction of sp³-hybridized carbons (Fsp3) is 0.917. The maximum Gasteiger partial charge on any atom is 0.407 e. The Balaban J connectivity index is 2.33. The molecule has 100 valence electrons. The van der Waals surface area contributed by atoms with Gasteiger partial charge in [-0.3, -0.25) is 0 Å². The van der Waals surface area contributed by atoms with E-state index >= 15 is 0 Å². The molecule has 1 rings (SSSR count). The van der Waals surface area contributed by atoms with Gasteiger partial charge in [0.2, 0.25) is 0 Å². The van der Waals surface area contributed by atoms with Gasteiger partial charge in [-0.05, 0) is 34.1 Å². The first kappa shape index (κ1) is 14.3. The van der Waals surface area contributed by atoms with Crippen molar-refractivity contribution in [1.82, 2.24) is 10.6 Å². The summed E-state index contributed by atoms with van der Waals surface area (Å²) in [6.45, 7) is 8.99. The number of ether oxygens (including phenoxy) is 2. The minimum atomic E-state index is -0.455. The van der Waals surface area contributed by atoms with Gasteiger partial charge in [-0.25, -0.2) is 4.79 Å². The monoisotopic (exact) mass is 244 g/mol. The molecule has 0 radical (unpaired) electrons. The van der Waals surface area contributed by atoms with Gasteiger partial charge >= 0.3 is 6.09 Å². The molecule has 0 aromatic heterocycles. The van der Waals surface area contributed by atoms with Crippen molar-refractivity contribution in [2.45, 2.75) is 51.4 Å². The number of carbonyl (C=O) groups is 1. The van der Waals surface area contributed by atoms with Gasteiger partial charge < -0.3 is 20.1 Å². The third-order valence-corrected chi connectivity index (χ3v) is 2.79. The SMILES string of the molecule is CO[C@@H]1CN[C@@](C)(CNC(=O)OC(C)(C)C)C1. The summed E-state index contributed by atoms with van der Waals surface area (Å²) in [4.78, 5) is 11.5. The van der Waals surface area contributed by atoms with Crippen molar-refractivity contribution in [3.63, 3.8) is 0 Å². The highest BCUT2D eigenvalue weighted by atomic mass is 16.6. The summed E-state index contributed by atoms with van der Waals surface area (Å²) in [6.07, 6.45) is 0.737. The maximum atomic E-state index is 11.5. The molecular weight excluding hydrogens is 220 g/mol. The number of hydrogen-bond donors (Lipinski definition) is 2. The molecule has 5 nitrogen and oxygen atoms in total. The largest absolute Gasteiger partial charge is 0.444 e. The van der Waals surface area contributed by atoms with Crippen LogP contribution in [-0.4, -0.2) is 43.5 Å². The van der Waals surface area contributed by atoms with Crippen LogP contribution in [-0.2, 0) is 9.47 Å². The normalized spacial score (nSPS) is 29.1. The zero-order chi connectivity index (χ0) is 13.1. The van der Waals surface area contributed by atoms with E-state index in [1.807, 2.05) is 20.8 Å². The van der Waals surface area contributed by atoms with Crippen LogP contribution in [0.3, 0.4) is 0 Å². The van der Waals surface area contributed by atoms with Gasteiger partial charge in [-0.1, -0.05) is 0 Å². The Morgan fingerprint density at radius 1 is 1.53 bits per heavy atom. The van der Waals surface area contributed by atoms with Crippen LogP contribution in [0.2, 0.25) is 0 Å². The summed E-state index contributed by atoms with van der Waals surface area (Å²) in [6, 6.07) is 0. The van der Waals surface area contributed by atoms with E-state index in [-0.39, 0.29) is 17.7 Å². The van der Waals surface area contributed by atoms with Gasteiger partial charge in [-0.2, -0.15) is 0 Å². The number of hydrogen-bond acceptors (Lipinski definition) is 4. The maximum absolute atomic E-state index is 11.5. The highest BCUT2D eigenvalue weighted by Gasteiger charge is 2.35. The van der Waals surface area contributed by atoms with E-state index in [0.29, 0.717) is 6.54 Å². The zero-order valence-corrected chi connectivity index (χ0v) is 11.4. The van der Waals surface area contributed by atoms with Gasteiger partial charge in [0.25, 0.3) is 0 Å². The van der Waals surface area contributed by atoms with Gasteiger partial charge in [0.15, 0.2) is 0 Å². The van der Waals surface area contributed by atoms with Gasteiger partial charge in [0, 0.05) is 25.7 Å². The molecule has 0 aromatic rings. The number of carbonyl (C=O) groups excluding carboxylic acids is 1. The van der Waals surface area contributed by atoms with Crippen LogP contribution in [0.1, 0.15) is 34.1 Å². The molecule has 0 aliphatic carbocycles. The second-order valence-electron chi connectivity index (χ2n) is 5.86. The van der Waals surface area contributed by atoms with Gasteiger partial charge in [0.05, 0.1) is 6.10 Å². The molecule has 1 aliphatic rings. The minimum Gasteiger partial charge on any atom is -0.444 e. The second kappa shape index (κ2) is 5.23. The molecule has 1 saturated heterocycles. The Morgan fingerprint density at radius 3 is 2.65 bits per heavy atom. The predicted molar refractivity (Wildman–Crippen MR) is 66.1 cm³/mol. The topological polar surface area (TPSA) is 59.6 Å². The molecule has 17 heavy (non-hydrogen) atoms. The summed E-state index contributed by atoms with van der Waals surface area (Å²) < 4.78 is 10.5. The van der Waals surface area contributed by atoms with Crippen molar-refractivity contribution in [1.29, 1.82) is 0 Å². The number of alkyl carbamates (subject to hydrolysis) is 1. The zero-order valence-electron chi connectivity index (χ0n) is 11.4. The number of amides is 1. The first-order valence-corrected chi connectivity index (χ1v) is 5.99. The quantitative estimate of drug-likeness (QED) is 0.785. The Morgan fingerprint density at radius 2 is 2.18 bits per heavy atom. The molecule has 5 heteroatoms. The average molecular weight is 244 g/mol. The Kier molecular flexibility index (Phi) is 4.38.